The Kier molecular flexibility index (Phi) is 6.32. The number of hydrogen-bond acceptors (Lipinski definition) is 3. The minimum atomic E-state index is -0.498. The molecule has 0 radical (unpaired) electrons. The van der Waals surface area contributed by atoms with Gasteiger partial charge in [0.15, 0.2) is 0 Å². The van der Waals surface area contributed by atoms with Crippen molar-refractivity contribution in [2.24, 2.45) is 5.73 Å². The molecule has 2 atom stereocenters. The molecule has 0 unspecified atom stereocenters. The van der Waals surface area contributed by atoms with Gasteiger partial charge in [-0.15, -0.1) is 12.4 Å². The molecule has 0 fully saturated rings. The highest BCUT2D eigenvalue weighted by atomic mass is 35.5. The summed E-state index contributed by atoms with van der Waals surface area (Å²) in [6.45, 7) is 1.91. The lowest BCUT2D eigenvalue weighted by Crippen LogP contribution is -2.25. The van der Waals surface area contributed by atoms with Crippen molar-refractivity contribution in [3.8, 4) is 5.75 Å². The highest BCUT2D eigenvalue weighted by Gasteiger charge is 2.14. The molecular weight excluding hydrogens is 214 g/mol. The molecule has 0 heterocycles. The minimum absolute atomic E-state index is 0. The molecule has 4 heteroatoms. The van der Waals surface area contributed by atoms with E-state index in [1.165, 1.54) is 0 Å². The van der Waals surface area contributed by atoms with Gasteiger partial charge in [0.1, 0.15) is 5.75 Å². The van der Waals surface area contributed by atoms with Crippen molar-refractivity contribution in [1.29, 1.82) is 0 Å². The summed E-state index contributed by atoms with van der Waals surface area (Å²) < 4.78 is 5.08. The van der Waals surface area contributed by atoms with Crippen LogP contribution in [0.5, 0.6) is 5.75 Å². The smallest absolute Gasteiger partial charge is 0.119 e. The zero-order chi connectivity index (χ0) is 10.6. The first-order chi connectivity index (χ1) is 6.69. The van der Waals surface area contributed by atoms with Gasteiger partial charge in [-0.05, 0) is 24.1 Å². The van der Waals surface area contributed by atoms with Gasteiger partial charge < -0.3 is 15.6 Å². The first kappa shape index (κ1) is 14.2. The fourth-order valence-corrected chi connectivity index (χ4v) is 1.32. The first-order valence-corrected chi connectivity index (χ1v) is 4.76. The predicted octanol–water partition coefficient (Wildman–Crippen LogP) is 1.89. The standard InChI is InChI=1S/C11H17NO2.ClH/c1-3-10(13)11(12)8-5-4-6-9(7-8)14-2;/h4-7,10-11,13H,3,12H2,1-2H3;1H/t10-,11+;/m0./s1. The fraction of sp³-hybridized carbons (Fsp3) is 0.455. The van der Waals surface area contributed by atoms with Crippen molar-refractivity contribution in [3.05, 3.63) is 29.8 Å². The third-order valence-electron chi connectivity index (χ3n) is 2.31. The van der Waals surface area contributed by atoms with Crippen LogP contribution in [-0.2, 0) is 0 Å². The van der Waals surface area contributed by atoms with Crippen LogP contribution in [0.25, 0.3) is 0 Å². The van der Waals surface area contributed by atoms with Crippen LogP contribution in [-0.4, -0.2) is 18.3 Å². The number of hydrogen-bond donors (Lipinski definition) is 2. The molecule has 3 nitrogen and oxygen atoms in total. The Bertz CT molecular complexity index is 294. The first-order valence-electron chi connectivity index (χ1n) is 4.76. The Balaban J connectivity index is 0.00000196. The third kappa shape index (κ3) is 3.70. The minimum Gasteiger partial charge on any atom is -0.497 e. The Morgan fingerprint density at radius 3 is 2.67 bits per heavy atom. The van der Waals surface area contributed by atoms with Crippen LogP contribution >= 0.6 is 12.4 Å². The van der Waals surface area contributed by atoms with Crippen molar-refractivity contribution in [2.45, 2.75) is 25.5 Å². The molecule has 1 rings (SSSR count). The topological polar surface area (TPSA) is 55.5 Å². The zero-order valence-electron chi connectivity index (χ0n) is 9.01. The molecule has 86 valence electrons. The number of benzene rings is 1. The average molecular weight is 232 g/mol. The highest BCUT2D eigenvalue weighted by Crippen LogP contribution is 2.20. The summed E-state index contributed by atoms with van der Waals surface area (Å²) in [6, 6.07) is 7.13. The van der Waals surface area contributed by atoms with E-state index in [1.807, 2.05) is 31.2 Å². The lowest BCUT2D eigenvalue weighted by molar-refractivity contribution is 0.140. The highest BCUT2D eigenvalue weighted by molar-refractivity contribution is 5.85. The van der Waals surface area contributed by atoms with E-state index in [0.717, 1.165) is 11.3 Å². The summed E-state index contributed by atoms with van der Waals surface area (Å²) in [5.41, 5.74) is 6.77. The molecule has 0 aliphatic heterocycles. The normalized spacial score (nSPS) is 13.9. The molecule has 1 aromatic rings. The molecule has 0 bridgehead atoms. The largest absolute Gasteiger partial charge is 0.497 e. The zero-order valence-corrected chi connectivity index (χ0v) is 9.83. The van der Waals surface area contributed by atoms with E-state index in [-0.39, 0.29) is 18.4 Å². The number of aliphatic hydroxyl groups excluding tert-OH is 1. The predicted molar refractivity (Wildman–Crippen MR) is 63.5 cm³/mol. The maximum absolute atomic E-state index is 9.58. The van der Waals surface area contributed by atoms with Gasteiger partial charge in [0, 0.05) is 0 Å². The van der Waals surface area contributed by atoms with Crippen molar-refractivity contribution in [1.82, 2.24) is 0 Å². The molecule has 3 N–H and O–H groups in total. The van der Waals surface area contributed by atoms with Crippen LogP contribution in [0.4, 0.5) is 0 Å². The number of nitrogens with two attached hydrogens (primary N) is 1. The van der Waals surface area contributed by atoms with E-state index in [0.29, 0.717) is 6.42 Å². The number of methoxy groups -OCH3 is 1. The van der Waals surface area contributed by atoms with E-state index >= 15 is 0 Å². The number of rotatable bonds is 4. The maximum Gasteiger partial charge on any atom is 0.119 e. The van der Waals surface area contributed by atoms with E-state index in [1.54, 1.807) is 7.11 Å². The maximum atomic E-state index is 9.58. The van der Waals surface area contributed by atoms with Crippen LogP contribution in [0.15, 0.2) is 24.3 Å². The van der Waals surface area contributed by atoms with Crippen LogP contribution in [0, 0.1) is 0 Å². The molecule has 15 heavy (non-hydrogen) atoms. The summed E-state index contributed by atoms with van der Waals surface area (Å²) >= 11 is 0. The summed E-state index contributed by atoms with van der Waals surface area (Å²) in [7, 11) is 1.61. The van der Waals surface area contributed by atoms with Crippen molar-refractivity contribution in [3.63, 3.8) is 0 Å². The second kappa shape index (κ2) is 6.67. The lowest BCUT2D eigenvalue weighted by atomic mass is 10.0. The van der Waals surface area contributed by atoms with Crippen molar-refractivity contribution >= 4 is 12.4 Å². The van der Waals surface area contributed by atoms with E-state index in [2.05, 4.69) is 0 Å². The molecule has 0 saturated carbocycles. The van der Waals surface area contributed by atoms with Gasteiger partial charge >= 0.3 is 0 Å². The number of ether oxygens (including phenoxy) is 1. The van der Waals surface area contributed by atoms with Gasteiger partial charge in [-0.2, -0.15) is 0 Å². The van der Waals surface area contributed by atoms with Crippen LogP contribution in [0.1, 0.15) is 24.9 Å². The van der Waals surface area contributed by atoms with E-state index < -0.39 is 6.10 Å². The molecule has 0 amide bonds. The molecule has 0 aliphatic rings. The molecule has 0 aliphatic carbocycles. The van der Waals surface area contributed by atoms with Crippen LogP contribution < -0.4 is 10.5 Å². The monoisotopic (exact) mass is 231 g/mol. The lowest BCUT2D eigenvalue weighted by Gasteiger charge is -2.17. The summed E-state index contributed by atoms with van der Waals surface area (Å²) in [5, 5.41) is 9.58. The molecule has 0 saturated heterocycles. The summed E-state index contributed by atoms with van der Waals surface area (Å²) in [4.78, 5) is 0. The van der Waals surface area contributed by atoms with Crippen molar-refractivity contribution < 1.29 is 9.84 Å². The van der Waals surface area contributed by atoms with Crippen LogP contribution in [0.2, 0.25) is 0 Å². The Morgan fingerprint density at radius 1 is 1.47 bits per heavy atom. The van der Waals surface area contributed by atoms with Gasteiger partial charge in [0.2, 0.25) is 0 Å². The number of halogens is 1. The van der Waals surface area contributed by atoms with E-state index in [4.69, 9.17) is 10.5 Å². The Labute approximate surface area is 96.7 Å². The number of aliphatic hydroxyl groups is 1. The van der Waals surface area contributed by atoms with E-state index in [9.17, 15) is 5.11 Å². The van der Waals surface area contributed by atoms with Gasteiger partial charge in [0.25, 0.3) is 0 Å². The van der Waals surface area contributed by atoms with Crippen LogP contribution in [0.3, 0.4) is 0 Å². The van der Waals surface area contributed by atoms with Gasteiger partial charge in [-0.1, -0.05) is 19.1 Å². The molecule has 1 aromatic carbocycles. The second-order valence-electron chi connectivity index (χ2n) is 3.28. The molecule has 0 spiro atoms. The summed E-state index contributed by atoms with van der Waals surface area (Å²) in [5.74, 6) is 0.765. The van der Waals surface area contributed by atoms with Crippen molar-refractivity contribution in [2.75, 3.05) is 7.11 Å². The Morgan fingerprint density at radius 2 is 2.13 bits per heavy atom. The van der Waals surface area contributed by atoms with Gasteiger partial charge in [-0.3, -0.25) is 0 Å². The average Bonchev–Trinajstić information content (AvgIpc) is 2.27. The molecule has 0 aromatic heterocycles. The quantitative estimate of drug-likeness (QED) is 0.832. The second-order valence-corrected chi connectivity index (χ2v) is 3.28. The fourth-order valence-electron chi connectivity index (χ4n) is 1.32. The third-order valence-corrected chi connectivity index (χ3v) is 2.31. The van der Waals surface area contributed by atoms with Gasteiger partial charge in [0.05, 0.1) is 19.3 Å². The SMILES string of the molecule is CC[C@H](O)[C@H](N)c1cccc(OC)c1.Cl. The molecular formula is C11H18ClNO2. The van der Waals surface area contributed by atoms with Gasteiger partial charge in [-0.25, -0.2) is 0 Å². The Hall–Kier alpha value is -0.770. The summed E-state index contributed by atoms with van der Waals surface area (Å²) in [6.07, 6.45) is 0.153.